The molecule has 0 radical (unpaired) electrons. The van der Waals surface area contributed by atoms with E-state index in [4.69, 9.17) is 14.9 Å². The van der Waals surface area contributed by atoms with Gasteiger partial charge >= 0.3 is 0 Å². The number of nitrogens with zero attached hydrogens (tertiary/aromatic N) is 1. The second kappa shape index (κ2) is 6.20. The smallest absolute Gasteiger partial charge is 0.261 e. The normalized spacial score (nSPS) is 13.1. The first-order valence-electron chi connectivity index (χ1n) is 6.52. The summed E-state index contributed by atoms with van der Waals surface area (Å²) in [5.41, 5.74) is 7.91. The van der Waals surface area contributed by atoms with E-state index in [0.717, 1.165) is 17.0 Å². The van der Waals surface area contributed by atoms with Crippen molar-refractivity contribution in [2.24, 2.45) is 5.73 Å². The van der Waals surface area contributed by atoms with Gasteiger partial charge in [-0.3, -0.25) is 4.79 Å². The van der Waals surface area contributed by atoms with Gasteiger partial charge in [-0.1, -0.05) is 6.07 Å². The van der Waals surface area contributed by atoms with Gasteiger partial charge in [-0.2, -0.15) is 0 Å². The molecule has 0 aliphatic carbocycles. The molecule has 0 bridgehead atoms. The Kier molecular flexibility index (Phi) is 4.55. The van der Waals surface area contributed by atoms with Crippen molar-refractivity contribution >= 4 is 24.0 Å². The number of carbonyl (C=O) groups excluding carboxylic acids is 1. The van der Waals surface area contributed by atoms with Crippen LogP contribution >= 0.6 is 12.4 Å². The molecule has 3 rings (SSSR count). The zero-order valence-electron chi connectivity index (χ0n) is 11.7. The number of carbonyl (C=O) groups is 1. The van der Waals surface area contributed by atoms with Gasteiger partial charge in [0.05, 0.1) is 24.3 Å². The van der Waals surface area contributed by atoms with Gasteiger partial charge in [0.1, 0.15) is 24.4 Å². The Bertz CT molecular complexity index is 654. The number of hydrogen-bond donors (Lipinski definition) is 1. The van der Waals surface area contributed by atoms with Crippen LogP contribution in [0.3, 0.4) is 0 Å². The maximum Gasteiger partial charge on any atom is 0.261 e. The number of nitrogens with two attached hydrogens (primary N) is 1. The number of halogens is 1. The number of fused-ring (bicyclic) bond motifs is 1. The van der Waals surface area contributed by atoms with Crippen LogP contribution in [0.25, 0.3) is 0 Å². The van der Waals surface area contributed by atoms with Crippen LogP contribution in [0.5, 0.6) is 5.75 Å². The highest BCUT2D eigenvalue weighted by atomic mass is 35.5. The highest BCUT2D eigenvalue weighted by Crippen LogP contribution is 2.33. The van der Waals surface area contributed by atoms with Gasteiger partial charge in [0.25, 0.3) is 5.91 Å². The number of benzene rings is 1. The third-order valence-electron chi connectivity index (χ3n) is 3.33. The van der Waals surface area contributed by atoms with E-state index >= 15 is 0 Å². The Balaban J connectivity index is 0.00000161. The monoisotopic (exact) mass is 308 g/mol. The van der Waals surface area contributed by atoms with Gasteiger partial charge in [-0.05, 0) is 30.7 Å². The summed E-state index contributed by atoms with van der Waals surface area (Å²) in [6.07, 6.45) is 1.45. The van der Waals surface area contributed by atoms with Gasteiger partial charge in [-0.15, -0.1) is 12.4 Å². The second-order valence-electron chi connectivity index (χ2n) is 4.78. The van der Waals surface area contributed by atoms with E-state index in [-0.39, 0.29) is 24.9 Å². The molecule has 1 aliphatic rings. The van der Waals surface area contributed by atoms with Crippen LogP contribution in [0.4, 0.5) is 5.69 Å². The van der Waals surface area contributed by atoms with E-state index in [0.29, 0.717) is 24.5 Å². The minimum Gasteiger partial charge on any atom is -0.490 e. The first-order chi connectivity index (χ1) is 9.69. The average Bonchev–Trinajstić information content (AvgIpc) is 2.94. The first-order valence-corrected chi connectivity index (χ1v) is 6.52. The fraction of sp³-hybridized carbons (Fsp3) is 0.267. The summed E-state index contributed by atoms with van der Waals surface area (Å²) in [4.78, 5) is 14.3. The van der Waals surface area contributed by atoms with Crippen LogP contribution in [-0.4, -0.2) is 19.1 Å². The zero-order chi connectivity index (χ0) is 14.1. The van der Waals surface area contributed by atoms with Crippen molar-refractivity contribution < 1.29 is 13.9 Å². The molecule has 0 atom stereocenters. The molecule has 5 nitrogen and oxygen atoms in total. The van der Waals surface area contributed by atoms with Crippen molar-refractivity contribution in [1.82, 2.24) is 0 Å². The van der Waals surface area contributed by atoms with E-state index in [9.17, 15) is 4.79 Å². The Hall–Kier alpha value is -1.98. The standard InChI is InChI=1S/C15H16N2O3.ClH/c1-10-2-3-13-14(6-10)19-5-4-17(13)15(18)11-7-12(8-16)20-9-11;/h2-3,6-7,9H,4-5,8,16H2,1H3;1H. The van der Waals surface area contributed by atoms with Gasteiger partial charge in [0.15, 0.2) is 0 Å². The molecule has 0 saturated carbocycles. The lowest BCUT2D eigenvalue weighted by Crippen LogP contribution is -2.37. The maximum absolute atomic E-state index is 12.5. The van der Waals surface area contributed by atoms with Crippen molar-refractivity contribution in [1.29, 1.82) is 0 Å². The lowest BCUT2D eigenvalue weighted by Gasteiger charge is -2.29. The van der Waals surface area contributed by atoms with Crippen LogP contribution < -0.4 is 15.4 Å². The fourth-order valence-electron chi connectivity index (χ4n) is 2.29. The number of ether oxygens (including phenoxy) is 1. The fourth-order valence-corrected chi connectivity index (χ4v) is 2.29. The van der Waals surface area contributed by atoms with E-state index in [1.165, 1.54) is 6.26 Å². The molecule has 1 aliphatic heterocycles. The molecular formula is C15H17ClN2O3. The molecule has 0 spiro atoms. The Morgan fingerprint density at radius 2 is 2.19 bits per heavy atom. The van der Waals surface area contributed by atoms with Crippen LogP contribution in [0, 0.1) is 6.92 Å². The molecule has 1 aromatic heterocycles. The lowest BCUT2D eigenvalue weighted by molar-refractivity contribution is 0.0976. The molecule has 6 heteroatoms. The van der Waals surface area contributed by atoms with Gasteiger partial charge in [0, 0.05) is 0 Å². The Morgan fingerprint density at radius 1 is 1.38 bits per heavy atom. The number of aryl methyl sites for hydroxylation is 1. The number of rotatable bonds is 2. The predicted octanol–water partition coefficient (Wildman–Crippen LogP) is 2.51. The van der Waals surface area contributed by atoms with Crippen molar-refractivity contribution in [2.75, 3.05) is 18.1 Å². The summed E-state index contributed by atoms with van der Waals surface area (Å²) in [5, 5.41) is 0. The minimum absolute atomic E-state index is 0. The molecule has 0 saturated heterocycles. The summed E-state index contributed by atoms with van der Waals surface area (Å²) in [5.74, 6) is 1.25. The highest BCUT2D eigenvalue weighted by molar-refractivity contribution is 6.07. The third-order valence-corrected chi connectivity index (χ3v) is 3.33. The summed E-state index contributed by atoms with van der Waals surface area (Å²) >= 11 is 0. The predicted molar refractivity (Wildman–Crippen MR) is 82.2 cm³/mol. The number of hydrogen-bond acceptors (Lipinski definition) is 4. The molecule has 0 unspecified atom stereocenters. The van der Waals surface area contributed by atoms with E-state index in [1.807, 2.05) is 25.1 Å². The summed E-state index contributed by atoms with van der Waals surface area (Å²) < 4.78 is 10.8. The van der Waals surface area contributed by atoms with Crippen LogP contribution in [0.15, 0.2) is 34.9 Å². The molecule has 2 N–H and O–H groups in total. The molecule has 1 aromatic carbocycles. The van der Waals surface area contributed by atoms with Crippen molar-refractivity contribution in [3.05, 3.63) is 47.4 Å². The molecule has 0 fully saturated rings. The van der Waals surface area contributed by atoms with Crippen molar-refractivity contribution in [3.8, 4) is 5.75 Å². The zero-order valence-corrected chi connectivity index (χ0v) is 12.5. The van der Waals surface area contributed by atoms with E-state index in [1.54, 1.807) is 11.0 Å². The van der Waals surface area contributed by atoms with E-state index in [2.05, 4.69) is 0 Å². The Morgan fingerprint density at radius 3 is 2.90 bits per heavy atom. The van der Waals surface area contributed by atoms with Crippen LogP contribution in [-0.2, 0) is 6.54 Å². The quantitative estimate of drug-likeness (QED) is 0.925. The molecule has 21 heavy (non-hydrogen) atoms. The topological polar surface area (TPSA) is 68.7 Å². The number of furan rings is 1. The largest absolute Gasteiger partial charge is 0.490 e. The summed E-state index contributed by atoms with van der Waals surface area (Å²) in [6, 6.07) is 7.50. The molecule has 2 heterocycles. The highest BCUT2D eigenvalue weighted by Gasteiger charge is 2.25. The number of amides is 1. The van der Waals surface area contributed by atoms with Gasteiger partial charge in [-0.25, -0.2) is 0 Å². The Labute approximate surface area is 129 Å². The molecule has 2 aromatic rings. The second-order valence-corrected chi connectivity index (χ2v) is 4.78. The summed E-state index contributed by atoms with van der Waals surface area (Å²) in [6.45, 7) is 3.29. The minimum atomic E-state index is -0.0955. The van der Waals surface area contributed by atoms with E-state index < -0.39 is 0 Å². The molecule has 112 valence electrons. The van der Waals surface area contributed by atoms with Gasteiger partial charge in [0.2, 0.25) is 0 Å². The molecule has 1 amide bonds. The van der Waals surface area contributed by atoms with Crippen molar-refractivity contribution in [3.63, 3.8) is 0 Å². The maximum atomic E-state index is 12.5. The lowest BCUT2D eigenvalue weighted by atomic mass is 10.1. The number of anilines is 1. The van der Waals surface area contributed by atoms with Crippen molar-refractivity contribution in [2.45, 2.75) is 13.5 Å². The van der Waals surface area contributed by atoms with Crippen LogP contribution in [0.1, 0.15) is 21.7 Å². The SMILES string of the molecule is Cc1ccc2c(c1)OCCN2C(=O)c1coc(CN)c1.Cl. The van der Waals surface area contributed by atoms with Gasteiger partial charge < -0.3 is 19.8 Å². The first kappa shape index (κ1) is 15.4. The average molecular weight is 309 g/mol. The summed E-state index contributed by atoms with van der Waals surface area (Å²) in [7, 11) is 0. The van der Waals surface area contributed by atoms with Crippen LogP contribution in [0.2, 0.25) is 0 Å². The third kappa shape index (κ3) is 2.89. The molecular weight excluding hydrogens is 292 g/mol.